The number of amides is 2. The number of halogens is 1. The van der Waals surface area contributed by atoms with Gasteiger partial charge in [0.05, 0.1) is 66.8 Å². The van der Waals surface area contributed by atoms with Gasteiger partial charge >= 0.3 is 6.03 Å². The summed E-state index contributed by atoms with van der Waals surface area (Å²) in [7, 11) is 0. The number of benzene rings is 1. The monoisotopic (exact) mass is 625 g/mol. The number of carbonyl (C=O) groups is 1. The second kappa shape index (κ2) is 11.9. The molecular weight excluding hydrogens is 597 g/mol. The maximum absolute atomic E-state index is 12.4. The third-order valence-corrected chi connectivity index (χ3v) is 7.47. The minimum atomic E-state index is -0.273. The summed E-state index contributed by atoms with van der Waals surface area (Å²) in [5.41, 5.74) is 3.65. The van der Waals surface area contributed by atoms with Crippen LogP contribution in [0.5, 0.6) is 0 Å². The van der Waals surface area contributed by atoms with E-state index in [-0.39, 0.29) is 18.5 Å². The fraction of sp³-hybridized carbons (Fsp3) is 0.385. The zero-order valence-corrected chi connectivity index (χ0v) is 23.2. The van der Waals surface area contributed by atoms with Gasteiger partial charge in [0.15, 0.2) is 5.82 Å². The molecule has 2 aliphatic rings. The number of nitrogens with one attached hydrogen (secondary N) is 1. The van der Waals surface area contributed by atoms with Gasteiger partial charge in [0, 0.05) is 48.8 Å². The molecule has 1 N–H and O–H groups in total. The Kier molecular flexibility index (Phi) is 8.14. The molecular formula is C26H28IN9O2. The molecule has 196 valence electrons. The number of hydrogen-bond acceptors (Lipinski definition) is 9. The highest BCUT2D eigenvalue weighted by Gasteiger charge is 2.29. The van der Waals surface area contributed by atoms with Crippen molar-refractivity contribution in [3.8, 4) is 17.5 Å². The molecule has 11 nitrogen and oxygen atoms in total. The molecule has 1 atom stereocenters. The summed E-state index contributed by atoms with van der Waals surface area (Å²) in [5, 5.41) is 11.6. The predicted octanol–water partition coefficient (Wildman–Crippen LogP) is 3.82. The van der Waals surface area contributed by atoms with Crippen LogP contribution >= 0.6 is 22.9 Å². The van der Waals surface area contributed by atoms with Crippen LogP contribution in [0.25, 0.3) is 11.4 Å². The first-order valence-corrected chi connectivity index (χ1v) is 13.5. The van der Waals surface area contributed by atoms with Gasteiger partial charge in [-0.1, -0.05) is 0 Å². The van der Waals surface area contributed by atoms with E-state index < -0.39 is 0 Å². The van der Waals surface area contributed by atoms with Crippen molar-refractivity contribution in [3.63, 3.8) is 0 Å². The maximum atomic E-state index is 12.4. The van der Waals surface area contributed by atoms with E-state index >= 15 is 0 Å². The quantitative estimate of drug-likeness (QED) is 0.322. The van der Waals surface area contributed by atoms with E-state index in [0.29, 0.717) is 43.8 Å². The number of fused-ring (bicyclic) bond motifs is 1. The molecule has 0 spiro atoms. The smallest absolute Gasteiger partial charge is 0.330 e. The molecule has 3 aromatic rings. The lowest BCUT2D eigenvalue weighted by Gasteiger charge is -2.37. The number of aromatic nitrogens is 4. The lowest BCUT2D eigenvalue weighted by Crippen LogP contribution is -2.45. The highest BCUT2D eigenvalue weighted by Crippen LogP contribution is 2.32. The molecule has 2 amide bonds. The summed E-state index contributed by atoms with van der Waals surface area (Å²) in [6.45, 7) is 6.01. The number of rotatable bonds is 6. The van der Waals surface area contributed by atoms with Crippen molar-refractivity contribution in [2.24, 2.45) is 0 Å². The molecule has 1 aromatic carbocycles. The van der Waals surface area contributed by atoms with Crippen LogP contribution in [0.2, 0.25) is 0 Å². The van der Waals surface area contributed by atoms with Crippen molar-refractivity contribution < 1.29 is 9.53 Å². The number of urea groups is 1. The van der Waals surface area contributed by atoms with Gasteiger partial charge in [0.1, 0.15) is 5.82 Å². The lowest BCUT2D eigenvalue weighted by atomic mass is 10.0. The first-order chi connectivity index (χ1) is 18.5. The van der Waals surface area contributed by atoms with Crippen LogP contribution in [-0.2, 0) is 17.7 Å². The fourth-order valence-corrected chi connectivity index (χ4v) is 4.94. The SMILES string of the molecule is CC1COCCN1c1nc(-c2ccc(NC(=O)N(I)CCC#N)cc2)nc2c1CCN(c1ncccn1)C2. The van der Waals surface area contributed by atoms with Crippen LogP contribution in [0.4, 0.5) is 22.2 Å². The van der Waals surface area contributed by atoms with Crippen LogP contribution in [0, 0.1) is 11.3 Å². The van der Waals surface area contributed by atoms with Gasteiger partial charge < -0.3 is 19.9 Å². The van der Waals surface area contributed by atoms with E-state index in [9.17, 15) is 4.79 Å². The van der Waals surface area contributed by atoms with E-state index in [1.165, 1.54) is 3.11 Å². The molecule has 12 heteroatoms. The van der Waals surface area contributed by atoms with Crippen molar-refractivity contribution in [1.82, 2.24) is 23.0 Å². The molecule has 0 saturated carbocycles. The Morgan fingerprint density at radius 2 is 2.03 bits per heavy atom. The van der Waals surface area contributed by atoms with Crippen LogP contribution in [0.15, 0.2) is 42.7 Å². The van der Waals surface area contributed by atoms with Gasteiger partial charge in [-0.15, -0.1) is 0 Å². The summed E-state index contributed by atoms with van der Waals surface area (Å²) in [4.78, 5) is 35.8. The molecule has 0 aliphatic carbocycles. The van der Waals surface area contributed by atoms with E-state index in [2.05, 4.69) is 32.0 Å². The second-order valence-electron chi connectivity index (χ2n) is 9.14. The average Bonchev–Trinajstić information content (AvgIpc) is 2.96. The number of anilines is 3. The van der Waals surface area contributed by atoms with Crippen molar-refractivity contribution in [2.75, 3.05) is 48.0 Å². The van der Waals surface area contributed by atoms with Crippen LogP contribution < -0.4 is 15.1 Å². The zero-order valence-electron chi connectivity index (χ0n) is 21.0. The summed E-state index contributed by atoms with van der Waals surface area (Å²) in [6.07, 6.45) is 4.59. The average molecular weight is 625 g/mol. The van der Waals surface area contributed by atoms with Gasteiger partial charge in [-0.3, -0.25) is 3.11 Å². The van der Waals surface area contributed by atoms with Gasteiger partial charge in [0.25, 0.3) is 0 Å². The summed E-state index contributed by atoms with van der Waals surface area (Å²) < 4.78 is 7.14. The Balaban J connectivity index is 1.44. The molecule has 4 heterocycles. The lowest BCUT2D eigenvalue weighted by molar-refractivity contribution is 0.0984. The summed E-state index contributed by atoms with van der Waals surface area (Å²) in [6, 6.07) is 11.3. The molecule has 2 aromatic heterocycles. The largest absolute Gasteiger partial charge is 0.377 e. The molecule has 38 heavy (non-hydrogen) atoms. The molecule has 0 bridgehead atoms. The highest BCUT2D eigenvalue weighted by molar-refractivity contribution is 14.1. The van der Waals surface area contributed by atoms with Crippen LogP contribution in [0.1, 0.15) is 24.6 Å². The van der Waals surface area contributed by atoms with Crippen LogP contribution in [0.3, 0.4) is 0 Å². The number of carbonyl (C=O) groups excluding carboxylic acids is 1. The van der Waals surface area contributed by atoms with Crippen molar-refractivity contribution >= 4 is 46.3 Å². The Bertz CT molecular complexity index is 1320. The van der Waals surface area contributed by atoms with Gasteiger partial charge in [-0.2, -0.15) is 5.26 Å². The molecule has 5 rings (SSSR count). The fourth-order valence-electron chi connectivity index (χ4n) is 4.58. The van der Waals surface area contributed by atoms with Gasteiger partial charge in [0.2, 0.25) is 5.95 Å². The van der Waals surface area contributed by atoms with Gasteiger partial charge in [-0.25, -0.2) is 24.7 Å². The first kappa shape index (κ1) is 26.1. The Labute approximate surface area is 235 Å². The summed E-state index contributed by atoms with van der Waals surface area (Å²) in [5.74, 6) is 2.29. The second-order valence-corrected chi connectivity index (χ2v) is 10.3. The van der Waals surface area contributed by atoms with E-state index in [0.717, 1.165) is 42.1 Å². The Morgan fingerprint density at radius 1 is 1.24 bits per heavy atom. The van der Waals surface area contributed by atoms with E-state index in [1.807, 2.05) is 59.3 Å². The van der Waals surface area contributed by atoms with E-state index in [1.54, 1.807) is 12.4 Å². The number of ether oxygens (including phenoxy) is 1. The van der Waals surface area contributed by atoms with E-state index in [4.69, 9.17) is 20.0 Å². The Hall–Kier alpha value is -3.57. The Morgan fingerprint density at radius 3 is 2.76 bits per heavy atom. The van der Waals surface area contributed by atoms with Crippen molar-refractivity contribution in [2.45, 2.75) is 32.4 Å². The summed E-state index contributed by atoms with van der Waals surface area (Å²) >= 11 is 1.91. The topological polar surface area (TPSA) is 123 Å². The highest BCUT2D eigenvalue weighted by atomic mass is 127. The third-order valence-electron chi connectivity index (χ3n) is 6.55. The number of hydrogen-bond donors (Lipinski definition) is 1. The maximum Gasteiger partial charge on any atom is 0.330 e. The number of nitriles is 1. The van der Waals surface area contributed by atoms with Gasteiger partial charge in [-0.05, 0) is 43.7 Å². The predicted molar refractivity (Wildman–Crippen MR) is 152 cm³/mol. The van der Waals surface area contributed by atoms with Crippen LogP contribution in [-0.4, -0.2) is 68.0 Å². The standard InChI is InChI=1S/C26H28IN9O2/c1-18-17-38-15-14-35(18)24-21-8-13-34(25-29-10-3-11-30-25)16-22(21)32-23(33-24)19-4-6-20(7-5-19)31-26(37)36(27)12-2-9-28/h3-7,10-11,18H,2,8,12-17H2,1H3,(H,31,37). The minimum Gasteiger partial charge on any atom is -0.377 e. The number of nitrogens with zero attached hydrogens (tertiary/aromatic N) is 8. The normalized spacial score (nSPS) is 16.9. The van der Waals surface area contributed by atoms with Crippen molar-refractivity contribution in [3.05, 3.63) is 54.0 Å². The molecule has 2 aliphatic heterocycles. The first-order valence-electron chi connectivity index (χ1n) is 12.5. The molecule has 1 saturated heterocycles. The molecule has 1 unspecified atom stereocenters. The molecule has 0 radical (unpaired) electrons. The minimum absolute atomic E-state index is 0.209. The number of morpholine rings is 1. The third kappa shape index (κ3) is 5.78. The van der Waals surface area contributed by atoms with Crippen molar-refractivity contribution in [1.29, 1.82) is 5.26 Å². The molecule has 1 fully saturated rings. The zero-order chi connectivity index (χ0) is 26.5.